The maximum Gasteiger partial charge on any atom is 0.409 e. The lowest BCUT2D eigenvalue weighted by molar-refractivity contribution is -0.163. The Morgan fingerprint density at radius 2 is 1.72 bits per heavy atom. The molecular formula is C30H38N4O9. The molecule has 232 valence electrons. The molecule has 2 fully saturated rings. The number of aryl methyl sites for hydroxylation is 1. The van der Waals surface area contributed by atoms with Crippen molar-refractivity contribution in [3.8, 4) is 5.75 Å². The maximum absolute atomic E-state index is 13.6. The molecule has 3 amide bonds. The molecule has 2 aliphatic rings. The third-order valence-electron chi connectivity index (χ3n) is 7.83. The molecule has 0 bridgehead atoms. The number of pyridine rings is 1. The van der Waals surface area contributed by atoms with Gasteiger partial charge in [-0.2, -0.15) is 0 Å². The molecule has 0 spiro atoms. The van der Waals surface area contributed by atoms with Gasteiger partial charge in [-0.3, -0.25) is 14.4 Å². The van der Waals surface area contributed by atoms with Crippen LogP contribution in [0.3, 0.4) is 0 Å². The molecule has 13 nitrogen and oxygen atoms in total. The monoisotopic (exact) mass is 598 g/mol. The van der Waals surface area contributed by atoms with Gasteiger partial charge >= 0.3 is 18.0 Å². The van der Waals surface area contributed by atoms with Crippen LogP contribution < -0.4 is 10.1 Å². The molecule has 1 aromatic carbocycles. The minimum absolute atomic E-state index is 0.0868. The molecule has 1 saturated heterocycles. The summed E-state index contributed by atoms with van der Waals surface area (Å²) in [7, 11) is 0. The Hall–Kier alpha value is -4.42. The number of carboxylic acids is 2. The fourth-order valence-electron chi connectivity index (χ4n) is 5.26. The van der Waals surface area contributed by atoms with E-state index in [4.69, 9.17) is 9.47 Å². The molecule has 13 heteroatoms. The Morgan fingerprint density at radius 1 is 1.02 bits per heavy atom. The van der Waals surface area contributed by atoms with Crippen LogP contribution in [0.4, 0.5) is 4.79 Å². The third-order valence-corrected chi connectivity index (χ3v) is 7.83. The van der Waals surface area contributed by atoms with Crippen LogP contribution >= 0.6 is 0 Å². The highest BCUT2D eigenvalue weighted by Gasteiger charge is 2.47. The first-order chi connectivity index (χ1) is 20.6. The normalized spacial score (nSPS) is 16.6. The zero-order chi connectivity index (χ0) is 31.1. The Labute approximate surface area is 249 Å². The van der Waals surface area contributed by atoms with Crippen molar-refractivity contribution in [3.63, 3.8) is 0 Å². The van der Waals surface area contributed by atoms with Crippen molar-refractivity contribution in [2.24, 2.45) is 0 Å². The second kappa shape index (κ2) is 13.7. The van der Waals surface area contributed by atoms with Gasteiger partial charge < -0.3 is 34.8 Å². The van der Waals surface area contributed by atoms with Crippen molar-refractivity contribution in [3.05, 3.63) is 35.5 Å². The lowest BCUT2D eigenvalue weighted by atomic mass is 9.80. The first-order valence-electron chi connectivity index (χ1n) is 14.7. The molecule has 2 aromatic rings. The summed E-state index contributed by atoms with van der Waals surface area (Å²) in [6, 6.07) is 5.75. The van der Waals surface area contributed by atoms with Gasteiger partial charge in [0.1, 0.15) is 17.5 Å². The number of nitrogens with zero attached hydrogens (tertiary/aromatic N) is 3. The standard InChI is InChI=1S/C30H38N4O9/c1-3-6-19-7-8-20-22(17-19)31-23(18-24(20)43-30(28(39)40)11-5-12-30)26(37)32-21(9-10-25(35)36)27(38)33-13-15-34(16-14-33)29(41)42-4-2/h7-8,17-18,21H,3-6,9-16H2,1-2H3,(H,32,37)(H,35,36)(H,39,40). The van der Waals surface area contributed by atoms with E-state index in [0.29, 0.717) is 30.2 Å². The summed E-state index contributed by atoms with van der Waals surface area (Å²) < 4.78 is 11.1. The molecule has 1 unspecified atom stereocenters. The number of hydrogen-bond donors (Lipinski definition) is 3. The van der Waals surface area contributed by atoms with E-state index in [-0.39, 0.29) is 57.1 Å². The van der Waals surface area contributed by atoms with Crippen LogP contribution in [-0.2, 0) is 25.5 Å². The summed E-state index contributed by atoms with van der Waals surface area (Å²) in [5, 5.41) is 22.3. The Bertz CT molecular complexity index is 1380. The van der Waals surface area contributed by atoms with Gasteiger partial charge in [0.15, 0.2) is 0 Å². The summed E-state index contributed by atoms with van der Waals surface area (Å²) in [4.78, 5) is 70.0. The second-order valence-corrected chi connectivity index (χ2v) is 10.8. The number of carbonyl (C=O) groups is 5. The van der Waals surface area contributed by atoms with E-state index in [2.05, 4.69) is 10.3 Å². The third kappa shape index (κ3) is 7.33. The lowest BCUT2D eigenvalue weighted by Crippen LogP contribution is -2.56. The molecule has 0 radical (unpaired) electrons. The molecule has 1 atom stereocenters. The summed E-state index contributed by atoms with van der Waals surface area (Å²) >= 11 is 0. The molecule has 43 heavy (non-hydrogen) atoms. The van der Waals surface area contributed by atoms with Crippen molar-refractivity contribution < 1.29 is 43.7 Å². The van der Waals surface area contributed by atoms with E-state index < -0.39 is 41.5 Å². The predicted molar refractivity (Wildman–Crippen MR) is 154 cm³/mol. The molecule has 1 aromatic heterocycles. The number of rotatable bonds is 12. The van der Waals surface area contributed by atoms with Gasteiger partial charge in [-0.05, 0) is 56.7 Å². The Morgan fingerprint density at radius 3 is 2.30 bits per heavy atom. The van der Waals surface area contributed by atoms with E-state index >= 15 is 0 Å². The van der Waals surface area contributed by atoms with Crippen molar-refractivity contribution >= 4 is 40.7 Å². The largest absolute Gasteiger partial charge is 0.481 e. The SMILES string of the molecule is CCCc1ccc2c(OC3(C(=O)O)CCC3)cc(C(=O)NC(CCC(=O)O)C(=O)N3CCN(C(=O)OCC)CC3)nc2c1. The topological polar surface area (TPSA) is 176 Å². The molecule has 4 rings (SSSR count). The quantitative estimate of drug-likeness (QED) is 0.329. The first kappa shape index (κ1) is 31.5. The minimum atomic E-state index is -1.39. The van der Waals surface area contributed by atoms with Crippen LogP contribution in [0.25, 0.3) is 10.9 Å². The first-order valence-corrected chi connectivity index (χ1v) is 14.7. The smallest absolute Gasteiger partial charge is 0.409 e. The zero-order valence-corrected chi connectivity index (χ0v) is 24.5. The number of carboxylic acid groups (broad SMARTS) is 2. The van der Waals surface area contributed by atoms with E-state index in [1.165, 1.54) is 15.9 Å². The summed E-state index contributed by atoms with van der Waals surface area (Å²) in [6.45, 7) is 4.84. The highest BCUT2D eigenvalue weighted by Crippen LogP contribution is 2.39. The number of fused-ring (bicyclic) bond motifs is 1. The van der Waals surface area contributed by atoms with Crippen LogP contribution in [0, 0.1) is 0 Å². The maximum atomic E-state index is 13.6. The van der Waals surface area contributed by atoms with Crippen molar-refractivity contribution in [2.45, 2.75) is 70.4 Å². The summed E-state index contributed by atoms with van der Waals surface area (Å²) in [6.07, 6.45) is 2.03. The Kier molecular flexibility index (Phi) is 10.0. The highest BCUT2D eigenvalue weighted by atomic mass is 16.6. The summed E-state index contributed by atoms with van der Waals surface area (Å²) in [5.41, 5.74) is -0.0530. The van der Waals surface area contributed by atoms with Gasteiger partial charge in [-0.15, -0.1) is 0 Å². The van der Waals surface area contributed by atoms with Gasteiger partial charge in [0.25, 0.3) is 5.91 Å². The molecular weight excluding hydrogens is 560 g/mol. The van der Waals surface area contributed by atoms with Gasteiger partial charge in [0, 0.05) is 44.1 Å². The molecule has 1 aliphatic carbocycles. The molecule has 1 saturated carbocycles. The Balaban J connectivity index is 1.59. The fraction of sp³-hybridized carbons (Fsp3) is 0.533. The highest BCUT2D eigenvalue weighted by molar-refractivity contribution is 5.99. The van der Waals surface area contributed by atoms with Crippen LogP contribution in [0.5, 0.6) is 5.75 Å². The van der Waals surface area contributed by atoms with E-state index in [9.17, 15) is 34.2 Å². The van der Waals surface area contributed by atoms with E-state index in [1.807, 2.05) is 19.1 Å². The lowest BCUT2D eigenvalue weighted by Gasteiger charge is -2.38. The van der Waals surface area contributed by atoms with E-state index in [0.717, 1.165) is 18.4 Å². The van der Waals surface area contributed by atoms with Crippen molar-refractivity contribution in [2.75, 3.05) is 32.8 Å². The number of aliphatic carboxylic acids is 2. The van der Waals surface area contributed by atoms with Crippen LogP contribution in [0.2, 0.25) is 0 Å². The fourth-order valence-corrected chi connectivity index (χ4v) is 5.26. The zero-order valence-electron chi connectivity index (χ0n) is 24.5. The van der Waals surface area contributed by atoms with Crippen LogP contribution in [-0.4, -0.2) is 99.3 Å². The number of carbonyl (C=O) groups excluding carboxylic acids is 3. The van der Waals surface area contributed by atoms with Gasteiger partial charge in [0.2, 0.25) is 11.5 Å². The van der Waals surface area contributed by atoms with Gasteiger partial charge in [-0.1, -0.05) is 19.4 Å². The van der Waals surface area contributed by atoms with Gasteiger partial charge in [-0.25, -0.2) is 14.6 Å². The number of hydrogen-bond acceptors (Lipinski definition) is 8. The minimum Gasteiger partial charge on any atom is -0.481 e. The number of piperazine rings is 1. The van der Waals surface area contributed by atoms with Crippen LogP contribution in [0.1, 0.15) is 68.4 Å². The number of aromatic nitrogens is 1. The van der Waals surface area contributed by atoms with Crippen molar-refractivity contribution in [1.82, 2.24) is 20.1 Å². The van der Waals surface area contributed by atoms with Crippen molar-refractivity contribution in [1.29, 1.82) is 0 Å². The molecule has 1 aliphatic heterocycles. The number of nitrogens with one attached hydrogen (secondary N) is 1. The average Bonchev–Trinajstić information content (AvgIpc) is 2.96. The van der Waals surface area contributed by atoms with Gasteiger partial charge in [0.05, 0.1) is 12.1 Å². The summed E-state index contributed by atoms with van der Waals surface area (Å²) in [5.74, 6) is -3.20. The van der Waals surface area contributed by atoms with Crippen LogP contribution in [0.15, 0.2) is 24.3 Å². The molecule has 2 heterocycles. The van der Waals surface area contributed by atoms with E-state index in [1.54, 1.807) is 13.0 Å². The number of amides is 3. The number of ether oxygens (including phenoxy) is 2. The number of benzene rings is 1. The average molecular weight is 599 g/mol. The molecule has 3 N–H and O–H groups in total. The predicted octanol–water partition coefficient (Wildman–Crippen LogP) is 2.84. The second-order valence-electron chi connectivity index (χ2n) is 10.8.